The smallest absolute Gasteiger partial charge is 0.248 e. The Bertz CT molecular complexity index is 3100. The van der Waals surface area contributed by atoms with E-state index in [-0.39, 0.29) is 5.41 Å². The van der Waals surface area contributed by atoms with Gasteiger partial charge in [-0.2, -0.15) is 0 Å². The third-order valence-corrected chi connectivity index (χ3v) is 11.8. The molecule has 0 bridgehead atoms. The van der Waals surface area contributed by atoms with Crippen LogP contribution in [0.25, 0.3) is 101 Å². The zero-order valence-electron chi connectivity index (χ0n) is 38.0. The van der Waals surface area contributed by atoms with Gasteiger partial charge in [0.25, 0.3) is 0 Å². The molecule has 0 aliphatic rings. The molecule has 3 heterocycles. The maximum absolute atomic E-state index is 5.97. The van der Waals surface area contributed by atoms with Crippen molar-refractivity contribution >= 4 is 0 Å². The Morgan fingerprint density at radius 2 is 0.515 bits per heavy atom. The summed E-state index contributed by atoms with van der Waals surface area (Å²) in [7, 11) is 0. The maximum atomic E-state index is 5.97. The Labute approximate surface area is 396 Å². The van der Waals surface area contributed by atoms with Crippen LogP contribution in [0.15, 0.2) is 240 Å². The lowest BCUT2D eigenvalue weighted by atomic mass is 9.83. The van der Waals surface area contributed by atoms with E-state index in [9.17, 15) is 0 Å². The molecule has 7 nitrogen and oxygen atoms in total. The summed E-state index contributed by atoms with van der Waals surface area (Å²) >= 11 is 0. The molecule has 11 rings (SSSR count). The van der Waals surface area contributed by atoms with Gasteiger partial charge < -0.3 is 8.83 Å². The minimum absolute atomic E-state index is 0.0279. The van der Waals surface area contributed by atoms with Crippen LogP contribution in [0.2, 0.25) is 0 Å². The molecule has 0 saturated carbocycles. The summed E-state index contributed by atoms with van der Waals surface area (Å²) in [4.78, 5) is 4.13. The van der Waals surface area contributed by atoms with Crippen LogP contribution in [-0.2, 0) is 5.41 Å². The molecule has 0 atom stereocenters. The first-order valence-electron chi connectivity index (χ1n) is 22.6. The van der Waals surface area contributed by atoms with Gasteiger partial charge in [0.1, 0.15) is 0 Å². The first-order valence-corrected chi connectivity index (χ1v) is 22.6. The summed E-state index contributed by atoms with van der Waals surface area (Å²) in [6.45, 7) is 6.71. The predicted molar refractivity (Wildman–Crippen MR) is 274 cm³/mol. The Morgan fingerprint density at radius 1 is 0.265 bits per heavy atom. The Balaban J connectivity index is 0.000000189. The Morgan fingerprint density at radius 3 is 0.838 bits per heavy atom. The van der Waals surface area contributed by atoms with Crippen LogP contribution in [0.1, 0.15) is 26.3 Å². The summed E-state index contributed by atoms with van der Waals surface area (Å²) in [5, 5.41) is 17.0. The van der Waals surface area contributed by atoms with Crippen molar-refractivity contribution in [2.75, 3.05) is 0 Å². The van der Waals surface area contributed by atoms with Crippen molar-refractivity contribution < 1.29 is 8.83 Å². The second-order valence-corrected chi connectivity index (χ2v) is 17.5. The van der Waals surface area contributed by atoms with Gasteiger partial charge in [-0.3, -0.25) is 4.98 Å². The number of hydrogen-bond donors (Lipinski definition) is 0. The SMILES string of the molecule is CC(C)(C)c1cc(-c2ccc(-c3nnc(-c4ccccc4)o3)cc2)cc(-c2ccc(-c3nnc(-c4ccccc4)o3)cc2)c1.c1ccc(-c2cc(-c3ccccc3)cc(-c3ccncc3)c2)cc1. The lowest BCUT2D eigenvalue weighted by molar-refractivity contribution is 0.584. The van der Waals surface area contributed by atoms with Crippen molar-refractivity contribution in [1.29, 1.82) is 0 Å². The molecule has 0 saturated heterocycles. The predicted octanol–water partition coefficient (Wildman–Crippen LogP) is 15.8. The van der Waals surface area contributed by atoms with Gasteiger partial charge >= 0.3 is 0 Å². The quantitative estimate of drug-likeness (QED) is 0.143. The van der Waals surface area contributed by atoms with Crippen molar-refractivity contribution in [3.8, 4) is 101 Å². The first kappa shape index (κ1) is 43.1. The highest BCUT2D eigenvalue weighted by atomic mass is 16.4. The van der Waals surface area contributed by atoms with Crippen molar-refractivity contribution in [1.82, 2.24) is 25.4 Å². The van der Waals surface area contributed by atoms with Crippen LogP contribution >= 0.6 is 0 Å². The van der Waals surface area contributed by atoms with Crippen molar-refractivity contribution in [3.05, 3.63) is 236 Å². The monoisotopic (exact) mass is 881 g/mol. The van der Waals surface area contributed by atoms with E-state index in [1.807, 2.05) is 109 Å². The zero-order chi connectivity index (χ0) is 46.3. The summed E-state index contributed by atoms with van der Waals surface area (Å²) in [6.07, 6.45) is 3.68. The van der Waals surface area contributed by atoms with Crippen molar-refractivity contribution in [2.45, 2.75) is 26.2 Å². The Hall–Kier alpha value is -8.81. The molecule has 3 aromatic heterocycles. The maximum Gasteiger partial charge on any atom is 0.248 e. The third-order valence-electron chi connectivity index (χ3n) is 11.8. The number of nitrogens with zero attached hydrogens (tertiary/aromatic N) is 5. The largest absolute Gasteiger partial charge is 0.416 e. The highest BCUT2D eigenvalue weighted by Crippen LogP contribution is 2.36. The molecule has 8 aromatic carbocycles. The van der Waals surface area contributed by atoms with Gasteiger partial charge in [0.2, 0.25) is 23.6 Å². The molecule has 0 aliphatic carbocycles. The van der Waals surface area contributed by atoms with Crippen molar-refractivity contribution in [2.24, 2.45) is 0 Å². The highest BCUT2D eigenvalue weighted by molar-refractivity contribution is 5.81. The second-order valence-electron chi connectivity index (χ2n) is 17.5. The minimum atomic E-state index is -0.0279. The molecule has 0 radical (unpaired) electrons. The van der Waals surface area contributed by atoms with Gasteiger partial charge in [0, 0.05) is 34.6 Å². The Kier molecular flexibility index (Phi) is 12.3. The topological polar surface area (TPSA) is 90.7 Å². The lowest BCUT2D eigenvalue weighted by Crippen LogP contribution is -2.11. The fourth-order valence-corrected chi connectivity index (χ4v) is 8.01. The fourth-order valence-electron chi connectivity index (χ4n) is 8.01. The van der Waals surface area contributed by atoms with E-state index in [1.54, 1.807) is 0 Å². The van der Waals surface area contributed by atoms with Gasteiger partial charge in [-0.25, -0.2) is 0 Å². The van der Waals surface area contributed by atoms with Crippen molar-refractivity contribution in [3.63, 3.8) is 0 Å². The van der Waals surface area contributed by atoms with E-state index in [0.717, 1.165) is 44.5 Å². The zero-order valence-corrected chi connectivity index (χ0v) is 38.0. The van der Waals surface area contributed by atoms with Crippen LogP contribution in [0.3, 0.4) is 0 Å². The normalized spacial score (nSPS) is 11.2. The van der Waals surface area contributed by atoms with Crippen LogP contribution in [0.5, 0.6) is 0 Å². The molecule has 0 fully saturated rings. The molecule has 0 amide bonds. The third kappa shape index (κ3) is 9.88. The molecule has 7 heteroatoms. The summed E-state index contributed by atoms with van der Waals surface area (Å²) in [6, 6.07) is 74.8. The molecule has 68 heavy (non-hydrogen) atoms. The summed E-state index contributed by atoms with van der Waals surface area (Å²) in [5.74, 6) is 2.01. The first-order chi connectivity index (χ1) is 33.3. The average molecular weight is 882 g/mol. The number of rotatable bonds is 9. The van der Waals surface area contributed by atoms with E-state index in [1.165, 1.54) is 38.9 Å². The van der Waals surface area contributed by atoms with Crippen LogP contribution in [-0.4, -0.2) is 25.4 Å². The average Bonchev–Trinajstić information content (AvgIpc) is 4.12. The van der Waals surface area contributed by atoms with Gasteiger partial charge in [-0.05, 0) is 152 Å². The lowest BCUT2D eigenvalue weighted by Gasteiger charge is -2.22. The minimum Gasteiger partial charge on any atom is -0.416 e. The number of aromatic nitrogens is 5. The molecular weight excluding hydrogens is 835 g/mol. The highest BCUT2D eigenvalue weighted by Gasteiger charge is 2.18. The van der Waals surface area contributed by atoms with Crippen LogP contribution in [0, 0.1) is 0 Å². The molecular formula is C61H47N5O2. The van der Waals surface area contributed by atoms with Crippen LogP contribution in [0.4, 0.5) is 0 Å². The van der Waals surface area contributed by atoms with E-state index in [2.05, 4.69) is 167 Å². The van der Waals surface area contributed by atoms with E-state index >= 15 is 0 Å². The molecule has 0 unspecified atom stereocenters. The number of hydrogen-bond acceptors (Lipinski definition) is 7. The van der Waals surface area contributed by atoms with Gasteiger partial charge in [-0.15, -0.1) is 20.4 Å². The number of benzene rings is 8. The molecule has 0 spiro atoms. The molecule has 0 aliphatic heterocycles. The second kappa shape index (κ2) is 19.3. The van der Waals surface area contributed by atoms with E-state index < -0.39 is 0 Å². The van der Waals surface area contributed by atoms with E-state index in [4.69, 9.17) is 8.83 Å². The summed E-state index contributed by atoms with van der Waals surface area (Å²) < 4.78 is 11.9. The molecule has 11 aromatic rings. The fraction of sp³-hybridized carbons (Fsp3) is 0.0656. The van der Waals surface area contributed by atoms with Crippen LogP contribution < -0.4 is 0 Å². The number of pyridine rings is 1. The standard InChI is InChI=1S/C38H30N4O2.C23H17N/c1-38(2,3)33-23-31(25-14-18-29(19-15-25)36-41-39-34(43-36)27-10-6-4-7-11-27)22-32(24-33)26-16-20-30(21-17-26)37-42-40-35(44-37)28-12-8-5-9-13-28;1-3-7-18(8-4-1)21-15-22(19-9-5-2-6-10-19)17-23(16-21)20-11-13-24-14-12-20/h4-24H,1-3H3;1-17H. The van der Waals surface area contributed by atoms with Gasteiger partial charge in [0.15, 0.2) is 0 Å². The molecule has 0 N–H and O–H groups in total. The van der Waals surface area contributed by atoms with E-state index in [0.29, 0.717) is 23.6 Å². The summed E-state index contributed by atoms with van der Waals surface area (Å²) in [5.41, 5.74) is 16.6. The molecule has 328 valence electrons. The van der Waals surface area contributed by atoms with Gasteiger partial charge in [0.05, 0.1) is 0 Å². The van der Waals surface area contributed by atoms with Gasteiger partial charge in [-0.1, -0.05) is 154 Å².